The van der Waals surface area contributed by atoms with Crippen LogP contribution in [-0.4, -0.2) is 5.16 Å². The second kappa shape index (κ2) is 3.40. The predicted octanol–water partition coefficient (Wildman–Crippen LogP) is 3.65. The van der Waals surface area contributed by atoms with E-state index in [9.17, 15) is 0 Å². The fourth-order valence-electron chi connectivity index (χ4n) is 1.02. The van der Waals surface area contributed by atoms with Gasteiger partial charge in [0.05, 0.1) is 10.0 Å². The molecule has 66 valence electrons. The predicted molar refractivity (Wildman–Crippen MR) is 52.0 cm³/mol. The largest absolute Gasteiger partial charge is 0.364 e. The van der Waals surface area contributed by atoms with E-state index < -0.39 is 0 Å². The summed E-state index contributed by atoms with van der Waals surface area (Å²) in [5.41, 5.74) is 1.64. The molecule has 2 nitrogen and oxygen atoms in total. The van der Waals surface area contributed by atoms with Gasteiger partial charge in [0.1, 0.15) is 12.0 Å². The Labute approximate surface area is 85.1 Å². The summed E-state index contributed by atoms with van der Waals surface area (Å²) in [7, 11) is 0. The first kappa shape index (κ1) is 8.60. The van der Waals surface area contributed by atoms with Crippen LogP contribution < -0.4 is 0 Å². The number of hydrogen-bond acceptors (Lipinski definition) is 2. The molecule has 1 aromatic heterocycles. The molecule has 1 heterocycles. The van der Waals surface area contributed by atoms with Crippen LogP contribution in [0.1, 0.15) is 0 Å². The fourth-order valence-corrected chi connectivity index (χ4v) is 1.31. The highest BCUT2D eigenvalue weighted by Crippen LogP contribution is 2.27. The summed E-state index contributed by atoms with van der Waals surface area (Å²) < 4.78 is 4.71. The number of aromatic nitrogens is 1. The maximum Gasteiger partial charge on any atom is 0.124 e. The summed E-state index contributed by atoms with van der Waals surface area (Å²) in [5.74, 6) is 0. The Bertz CT molecular complexity index is 412. The van der Waals surface area contributed by atoms with Crippen molar-refractivity contribution in [2.24, 2.45) is 0 Å². The summed E-state index contributed by atoms with van der Waals surface area (Å²) in [6.45, 7) is 0. The molecule has 0 spiro atoms. The van der Waals surface area contributed by atoms with E-state index in [0.29, 0.717) is 10.0 Å². The van der Waals surface area contributed by atoms with Crippen molar-refractivity contribution >= 4 is 23.2 Å². The van der Waals surface area contributed by atoms with Crippen LogP contribution in [0.2, 0.25) is 10.0 Å². The van der Waals surface area contributed by atoms with Gasteiger partial charge in [0, 0.05) is 11.6 Å². The first-order valence-electron chi connectivity index (χ1n) is 3.63. The highest BCUT2D eigenvalue weighted by Gasteiger charge is 2.03. The van der Waals surface area contributed by atoms with Gasteiger partial charge in [0.25, 0.3) is 0 Å². The monoisotopic (exact) mass is 213 g/mol. The minimum atomic E-state index is 0.516. The van der Waals surface area contributed by atoms with Gasteiger partial charge in [-0.15, -0.1) is 0 Å². The summed E-state index contributed by atoms with van der Waals surface area (Å²) in [6, 6.07) is 7.08. The van der Waals surface area contributed by atoms with Crippen molar-refractivity contribution in [1.82, 2.24) is 5.16 Å². The smallest absolute Gasteiger partial charge is 0.124 e. The van der Waals surface area contributed by atoms with E-state index in [2.05, 4.69) is 5.16 Å². The first-order valence-corrected chi connectivity index (χ1v) is 4.39. The zero-order chi connectivity index (χ0) is 9.26. The minimum absolute atomic E-state index is 0.516. The lowest BCUT2D eigenvalue weighted by Crippen LogP contribution is -1.77. The maximum atomic E-state index is 5.84. The molecule has 0 amide bonds. The van der Waals surface area contributed by atoms with Gasteiger partial charge < -0.3 is 4.52 Å². The van der Waals surface area contributed by atoms with Crippen LogP contribution in [0.3, 0.4) is 0 Å². The molecular formula is C9H5Cl2NO. The SMILES string of the molecule is Clc1ccc(-c2ccon2)cc1Cl. The third-order valence-electron chi connectivity index (χ3n) is 1.65. The van der Waals surface area contributed by atoms with Crippen molar-refractivity contribution in [3.05, 3.63) is 40.6 Å². The molecule has 13 heavy (non-hydrogen) atoms. The quantitative estimate of drug-likeness (QED) is 0.723. The molecule has 2 rings (SSSR count). The Morgan fingerprint density at radius 1 is 1.08 bits per heavy atom. The summed E-state index contributed by atoms with van der Waals surface area (Å²) in [6.07, 6.45) is 1.51. The van der Waals surface area contributed by atoms with Crippen LogP contribution in [0.25, 0.3) is 11.3 Å². The van der Waals surface area contributed by atoms with Crippen LogP contribution in [-0.2, 0) is 0 Å². The van der Waals surface area contributed by atoms with Gasteiger partial charge >= 0.3 is 0 Å². The van der Waals surface area contributed by atoms with Crippen LogP contribution in [0.4, 0.5) is 0 Å². The third-order valence-corrected chi connectivity index (χ3v) is 2.39. The van der Waals surface area contributed by atoms with E-state index in [1.54, 1.807) is 18.2 Å². The second-order valence-electron chi connectivity index (χ2n) is 2.51. The lowest BCUT2D eigenvalue weighted by Gasteiger charge is -1.97. The number of benzene rings is 1. The zero-order valence-electron chi connectivity index (χ0n) is 6.50. The van der Waals surface area contributed by atoms with Crippen LogP contribution in [0.5, 0.6) is 0 Å². The topological polar surface area (TPSA) is 26.0 Å². The summed E-state index contributed by atoms with van der Waals surface area (Å²) in [5, 5.41) is 4.83. The first-order chi connectivity index (χ1) is 6.27. The van der Waals surface area contributed by atoms with E-state index in [1.807, 2.05) is 6.07 Å². The maximum absolute atomic E-state index is 5.84. The zero-order valence-corrected chi connectivity index (χ0v) is 8.01. The van der Waals surface area contributed by atoms with Crippen LogP contribution >= 0.6 is 23.2 Å². The van der Waals surface area contributed by atoms with E-state index in [-0.39, 0.29) is 0 Å². The second-order valence-corrected chi connectivity index (χ2v) is 3.33. The molecule has 0 aliphatic carbocycles. The average Bonchev–Trinajstić information content (AvgIpc) is 2.62. The Morgan fingerprint density at radius 2 is 1.92 bits per heavy atom. The van der Waals surface area contributed by atoms with E-state index in [4.69, 9.17) is 27.7 Å². The Morgan fingerprint density at radius 3 is 2.54 bits per heavy atom. The van der Waals surface area contributed by atoms with E-state index >= 15 is 0 Å². The van der Waals surface area contributed by atoms with Crippen LogP contribution in [0, 0.1) is 0 Å². The average molecular weight is 214 g/mol. The molecule has 0 unspecified atom stereocenters. The standard InChI is InChI=1S/C9H5Cl2NO/c10-7-2-1-6(5-8(7)11)9-3-4-13-12-9/h1-5H. The molecule has 0 fully saturated rings. The van der Waals surface area contributed by atoms with Crippen molar-refractivity contribution < 1.29 is 4.52 Å². The molecule has 2 aromatic rings. The highest BCUT2D eigenvalue weighted by atomic mass is 35.5. The molecule has 0 saturated carbocycles. The molecular weight excluding hydrogens is 209 g/mol. The fraction of sp³-hybridized carbons (Fsp3) is 0. The van der Waals surface area contributed by atoms with Gasteiger partial charge in [-0.2, -0.15) is 0 Å². The van der Waals surface area contributed by atoms with Crippen molar-refractivity contribution in [1.29, 1.82) is 0 Å². The van der Waals surface area contributed by atoms with Gasteiger partial charge in [0.2, 0.25) is 0 Å². The van der Waals surface area contributed by atoms with Crippen LogP contribution in [0.15, 0.2) is 35.1 Å². The van der Waals surface area contributed by atoms with Crippen molar-refractivity contribution in [3.8, 4) is 11.3 Å². The van der Waals surface area contributed by atoms with Gasteiger partial charge in [-0.1, -0.05) is 34.4 Å². The minimum Gasteiger partial charge on any atom is -0.364 e. The number of halogens is 2. The molecule has 0 radical (unpaired) electrons. The molecule has 0 saturated heterocycles. The lowest BCUT2D eigenvalue weighted by atomic mass is 10.2. The van der Waals surface area contributed by atoms with Crippen molar-refractivity contribution in [2.75, 3.05) is 0 Å². The Kier molecular flexibility index (Phi) is 2.25. The molecule has 0 aliphatic heterocycles. The molecule has 0 atom stereocenters. The van der Waals surface area contributed by atoms with E-state index in [1.165, 1.54) is 6.26 Å². The Balaban J connectivity index is 2.49. The molecule has 0 aliphatic rings. The number of nitrogens with zero attached hydrogens (tertiary/aromatic N) is 1. The van der Waals surface area contributed by atoms with Gasteiger partial charge in [-0.25, -0.2) is 0 Å². The summed E-state index contributed by atoms with van der Waals surface area (Å²) in [4.78, 5) is 0. The Hall–Kier alpha value is -0.990. The van der Waals surface area contributed by atoms with Gasteiger partial charge in [-0.05, 0) is 12.1 Å². The van der Waals surface area contributed by atoms with E-state index in [0.717, 1.165) is 11.3 Å². The number of rotatable bonds is 1. The molecule has 0 N–H and O–H groups in total. The lowest BCUT2D eigenvalue weighted by molar-refractivity contribution is 0.422. The molecule has 0 bridgehead atoms. The van der Waals surface area contributed by atoms with Gasteiger partial charge in [-0.3, -0.25) is 0 Å². The van der Waals surface area contributed by atoms with Crippen molar-refractivity contribution in [2.45, 2.75) is 0 Å². The third kappa shape index (κ3) is 1.69. The highest BCUT2D eigenvalue weighted by molar-refractivity contribution is 6.42. The summed E-state index contributed by atoms with van der Waals surface area (Å²) >= 11 is 11.6. The molecule has 1 aromatic carbocycles. The normalized spacial score (nSPS) is 10.3. The van der Waals surface area contributed by atoms with Gasteiger partial charge in [0.15, 0.2) is 0 Å². The molecule has 4 heteroatoms. The van der Waals surface area contributed by atoms with Crippen molar-refractivity contribution in [3.63, 3.8) is 0 Å². The number of hydrogen-bond donors (Lipinski definition) is 0.